The van der Waals surface area contributed by atoms with E-state index in [1.54, 1.807) is 19.1 Å². The molecule has 1 unspecified atom stereocenters. The van der Waals surface area contributed by atoms with Crippen molar-refractivity contribution in [3.05, 3.63) is 28.3 Å². The van der Waals surface area contributed by atoms with E-state index in [0.29, 0.717) is 18.2 Å². The molecule has 1 fully saturated rings. The molecule has 1 aliphatic carbocycles. The molecule has 2 N–H and O–H groups in total. The first-order chi connectivity index (χ1) is 10.0. The molecule has 7 heteroatoms. The van der Waals surface area contributed by atoms with Crippen LogP contribution >= 0.6 is 0 Å². The van der Waals surface area contributed by atoms with Gasteiger partial charge in [0.2, 0.25) is 0 Å². The summed E-state index contributed by atoms with van der Waals surface area (Å²) < 4.78 is 5.28. The zero-order valence-electron chi connectivity index (χ0n) is 11.7. The number of rotatable bonds is 8. The van der Waals surface area contributed by atoms with Gasteiger partial charge in [-0.2, -0.15) is 0 Å². The first-order valence-electron chi connectivity index (χ1n) is 6.90. The zero-order valence-corrected chi connectivity index (χ0v) is 11.7. The fourth-order valence-electron chi connectivity index (χ4n) is 2.26. The molecule has 0 bridgehead atoms. The van der Waals surface area contributed by atoms with Crippen LogP contribution < -0.4 is 10.1 Å². The van der Waals surface area contributed by atoms with Crippen molar-refractivity contribution < 1.29 is 19.6 Å². The molecule has 1 aromatic carbocycles. The second-order valence-electron chi connectivity index (χ2n) is 5.06. The van der Waals surface area contributed by atoms with Crippen LogP contribution in [0.2, 0.25) is 0 Å². The molecule has 0 spiro atoms. The Balaban J connectivity index is 2.16. The number of nitrogens with zero attached hydrogens (tertiary/aromatic N) is 1. The van der Waals surface area contributed by atoms with Crippen molar-refractivity contribution in [2.45, 2.75) is 32.2 Å². The molecule has 0 aliphatic heterocycles. The molecule has 21 heavy (non-hydrogen) atoms. The number of carbonyl (C=O) groups is 1. The molecular formula is C14H18N2O5. The van der Waals surface area contributed by atoms with Crippen molar-refractivity contribution in [2.75, 3.05) is 11.9 Å². The summed E-state index contributed by atoms with van der Waals surface area (Å²) in [7, 11) is 0. The maximum atomic E-state index is 10.9. The molecule has 0 heterocycles. The van der Waals surface area contributed by atoms with Crippen LogP contribution in [0.3, 0.4) is 0 Å². The lowest BCUT2D eigenvalue weighted by Gasteiger charge is -2.18. The number of hydrogen-bond donors (Lipinski definition) is 2. The maximum Gasteiger partial charge on any atom is 0.311 e. The van der Waals surface area contributed by atoms with E-state index in [0.717, 1.165) is 12.8 Å². The molecule has 0 amide bonds. The summed E-state index contributed by atoms with van der Waals surface area (Å²) in [6.45, 7) is 2.08. The summed E-state index contributed by atoms with van der Waals surface area (Å²) in [5.74, 6) is -0.310. The molecule has 0 radical (unpaired) electrons. The summed E-state index contributed by atoms with van der Waals surface area (Å²) in [6.07, 6.45) is 2.05. The van der Waals surface area contributed by atoms with E-state index in [9.17, 15) is 14.9 Å². The van der Waals surface area contributed by atoms with E-state index in [1.807, 2.05) is 0 Å². The Morgan fingerprint density at radius 1 is 1.57 bits per heavy atom. The van der Waals surface area contributed by atoms with E-state index in [-0.39, 0.29) is 23.9 Å². The highest BCUT2D eigenvalue weighted by Gasteiger charge is 2.32. The quantitative estimate of drug-likeness (QED) is 0.564. The van der Waals surface area contributed by atoms with Crippen LogP contribution in [0.15, 0.2) is 18.2 Å². The molecule has 1 aromatic rings. The Kier molecular flexibility index (Phi) is 4.62. The van der Waals surface area contributed by atoms with Crippen LogP contribution in [0.25, 0.3) is 0 Å². The lowest BCUT2D eigenvalue weighted by Crippen LogP contribution is -2.25. The third-order valence-corrected chi connectivity index (χ3v) is 3.39. The average molecular weight is 294 g/mol. The topological polar surface area (TPSA) is 102 Å². The van der Waals surface area contributed by atoms with E-state index in [4.69, 9.17) is 9.84 Å². The SMILES string of the molecule is CCOc1cc(NC(CC(=O)O)C2CC2)ccc1[N+](=O)[O-]. The van der Waals surface area contributed by atoms with Gasteiger partial charge in [-0.05, 0) is 31.7 Å². The average Bonchev–Trinajstić information content (AvgIpc) is 3.22. The molecule has 7 nitrogen and oxygen atoms in total. The van der Waals surface area contributed by atoms with Gasteiger partial charge in [0.05, 0.1) is 18.0 Å². The van der Waals surface area contributed by atoms with E-state index >= 15 is 0 Å². The van der Waals surface area contributed by atoms with Gasteiger partial charge in [0.1, 0.15) is 0 Å². The number of aliphatic carboxylic acids is 1. The summed E-state index contributed by atoms with van der Waals surface area (Å²) in [4.78, 5) is 21.3. The number of nitro benzene ring substituents is 1. The maximum absolute atomic E-state index is 10.9. The molecule has 1 saturated carbocycles. The summed E-state index contributed by atoms with van der Waals surface area (Å²) in [6, 6.07) is 4.35. The number of carboxylic acid groups (broad SMARTS) is 1. The number of anilines is 1. The van der Waals surface area contributed by atoms with Crippen molar-refractivity contribution in [2.24, 2.45) is 5.92 Å². The second-order valence-corrected chi connectivity index (χ2v) is 5.06. The lowest BCUT2D eigenvalue weighted by atomic mass is 10.1. The first-order valence-corrected chi connectivity index (χ1v) is 6.90. The smallest absolute Gasteiger partial charge is 0.311 e. The van der Waals surface area contributed by atoms with Crippen molar-refractivity contribution >= 4 is 17.3 Å². The number of hydrogen-bond acceptors (Lipinski definition) is 5. The standard InChI is InChI=1S/C14H18N2O5/c1-2-21-13-7-10(5-6-12(13)16(19)20)15-11(8-14(17)18)9-3-4-9/h5-7,9,11,15H,2-4,8H2,1H3,(H,17,18). The third kappa shape index (κ3) is 4.08. The predicted octanol–water partition coefficient (Wildman–Crippen LogP) is 2.66. The minimum atomic E-state index is -0.855. The van der Waals surface area contributed by atoms with E-state index in [2.05, 4.69) is 5.32 Å². The fraction of sp³-hybridized carbons (Fsp3) is 0.500. The highest BCUT2D eigenvalue weighted by molar-refractivity contribution is 5.69. The third-order valence-electron chi connectivity index (χ3n) is 3.39. The van der Waals surface area contributed by atoms with Gasteiger partial charge >= 0.3 is 11.7 Å². The van der Waals surface area contributed by atoms with Gasteiger partial charge in [0.15, 0.2) is 5.75 Å². The summed E-state index contributed by atoms with van der Waals surface area (Å²) in [5, 5.41) is 23.0. The molecule has 0 aromatic heterocycles. The number of benzene rings is 1. The molecule has 2 rings (SSSR count). The summed E-state index contributed by atoms with van der Waals surface area (Å²) in [5.41, 5.74) is 0.547. The van der Waals surface area contributed by atoms with Crippen LogP contribution in [0.5, 0.6) is 5.75 Å². The van der Waals surface area contributed by atoms with Crippen molar-refractivity contribution in [3.8, 4) is 5.75 Å². The molecule has 114 valence electrons. The normalized spacial score (nSPS) is 15.3. The largest absolute Gasteiger partial charge is 0.487 e. The number of nitro groups is 1. The van der Waals surface area contributed by atoms with Crippen LogP contribution in [-0.4, -0.2) is 28.6 Å². The number of ether oxygens (including phenoxy) is 1. The molecular weight excluding hydrogens is 276 g/mol. The van der Waals surface area contributed by atoms with Crippen LogP contribution in [0, 0.1) is 16.0 Å². The lowest BCUT2D eigenvalue weighted by molar-refractivity contribution is -0.385. The fourth-order valence-corrected chi connectivity index (χ4v) is 2.26. The van der Waals surface area contributed by atoms with Crippen LogP contribution in [-0.2, 0) is 4.79 Å². The van der Waals surface area contributed by atoms with Gasteiger partial charge in [-0.25, -0.2) is 0 Å². The van der Waals surface area contributed by atoms with Crippen LogP contribution in [0.1, 0.15) is 26.2 Å². The minimum absolute atomic E-state index is 0.0334. The van der Waals surface area contributed by atoms with Gasteiger partial charge in [0.25, 0.3) is 0 Å². The van der Waals surface area contributed by atoms with Gasteiger partial charge in [-0.1, -0.05) is 0 Å². The molecule has 1 atom stereocenters. The van der Waals surface area contributed by atoms with E-state index < -0.39 is 10.9 Å². The van der Waals surface area contributed by atoms with Gasteiger partial charge in [-0.15, -0.1) is 0 Å². The Labute approximate surface area is 122 Å². The van der Waals surface area contributed by atoms with Crippen LogP contribution in [0.4, 0.5) is 11.4 Å². The Bertz CT molecular complexity index is 542. The Morgan fingerprint density at radius 2 is 2.29 bits per heavy atom. The van der Waals surface area contributed by atoms with Crippen molar-refractivity contribution in [3.63, 3.8) is 0 Å². The van der Waals surface area contributed by atoms with Gasteiger partial charge in [0, 0.05) is 23.9 Å². The van der Waals surface area contributed by atoms with Crippen molar-refractivity contribution in [1.82, 2.24) is 0 Å². The zero-order chi connectivity index (χ0) is 15.4. The van der Waals surface area contributed by atoms with Gasteiger partial charge in [-0.3, -0.25) is 14.9 Å². The predicted molar refractivity (Wildman–Crippen MR) is 76.7 cm³/mol. The van der Waals surface area contributed by atoms with Gasteiger partial charge < -0.3 is 15.2 Å². The number of nitrogens with one attached hydrogen (secondary N) is 1. The highest BCUT2D eigenvalue weighted by Crippen LogP contribution is 2.37. The number of carboxylic acids is 1. The first kappa shape index (κ1) is 15.1. The summed E-state index contributed by atoms with van der Waals surface area (Å²) >= 11 is 0. The molecule has 0 saturated heterocycles. The molecule has 1 aliphatic rings. The second kappa shape index (κ2) is 6.43. The van der Waals surface area contributed by atoms with E-state index in [1.165, 1.54) is 6.07 Å². The minimum Gasteiger partial charge on any atom is -0.487 e. The highest BCUT2D eigenvalue weighted by atomic mass is 16.6. The monoisotopic (exact) mass is 294 g/mol. The van der Waals surface area contributed by atoms with Crippen molar-refractivity contribution in [1.29, 1.82) is 0 Å². The Morgan fingerprint density at radius 3 is 2.81 bits per heavy atom. The Hall–Kier alpha value is -2.31.